The van der Waals surface area contributed by atoms with Crippen molar-refractivity contribution in [1.29, 1.82) is 5.41 Å². The molecule has 0 aliphatic heterocycles. The highest BCUT2D eigenvalue weighted by molar-refractivity contribution is 6.06. The van der Waals surface area contributed by atoms with Crippen molar-refractivity contribution in [2.45, 2.75) is 40.5 Å². The van der Waals surface area contributed by atoms with Crippen LogP contribution in [0.2, 0.25) is 0 Å². The lowest BCUT2D eigenvalue weighted by atomic mass is 10.0. The Kier molecular flexibility index (Phi) is 10.5. The van der Waals surface area contributed by atoms with Crippen molar-refractivity contribution in [1.82, 2.24) is 0 Å². The van der Waals surface area contributed by atoms with Gasteiger partial charge in [-0.25, -0.2) is 0 Å². The summed E-state index contributed by atoms with van der Waals surface area (Å²) in [5.41, 5.74) is 9.22. The summed E-state index contributed by atoms with van der Waals surface area (Å²) >= 11 is 0. The molecule has 1 aromatic rings. The maximum Gasteiger partial charge on any atom is 0.0609 e. The predicted molar refractivity (Wildman–Crippen MR) is 95.0 cm³/mol. The number of rotatable bonds is 6. The second kappa shape index (κ2) is 11.7. The molecule has 0 bridgehead atoms. The van der Waals surface area contributed by atoms with Gasteiger partial charge in [-0.1, -0.05) is 50.6 Å². The zero-order chi connectivity index (χ0) is 16.1. The maximum absolute atomic E-state index is 8.04. The van der Waals surface area contributed by atoms with Gasteiger partial charge in [-0.05, 0) is 61.4 Å². The molecule has 0 saturated carbocycles. The highest BCUT2D eigenvalue weighted by atomic mass is 14.5. The summed E-state index contributed by atoms with van der Waals surface area (Å²) in [7, 11) is 0. The monoisotopic (exact) mass is 284 g/mol. The Balaban J connectivity index is 0.00000191. The van der Waals surface area contributed by atoms with Gasteiger partial charge in [0, 0.05) is 0 Å². The topological polar surface area (TPSA) is 49.9 Å². The number of allylic oxidation sites excluding steroid dienone is 5. The molecule has 0 aliphatic rings. The minimum absolute atomic E-state index is 0.567. The summed E-state index contributed by atoms with van der Waals surface area (Å²) in [5, 5.41) is 8.04. The predicted octanol–water partition coefficient (Wildman–Crippen LogP) is 4.93. The third kappa shape index (κ3) is 7.93. The van der Waals surface area contributed by atoms with Crippen LogP contribution in [0, 0.1) is 12.3 Å². The van der Waals surface area contributed by atoms with E-state index in [1.807, 2.05) is 38.2 Å². The fourth-order valence-electron chi connectivity index (χ4n) is 1.81. The Morgan fingerprint density at radius 1 is 1.14 bits per heavy atom. The average Bonchev–Trinajstić information content (AvgIpc) is 2.50. The number of hydrogen-bond donors (Lipinski definition) is 2. The molecule has 0 unspecified atom stereocenters. The van der Waals surface area contributed by atoms with E-state index >= 15 is 0 Å². The van der Waals surface area contributed by atoms with Crippen LogP contribution < -0.4 is 5.73 Å². The Morgan fingerprint density at radius 3 is 2.48 bits per heavy atom. The molecule has 0 saturated heterocycles. The average molecular weight is 284 g/mol. The highest BCUT2D eigenvalue weighted by Crippen LogP contribution is 2.12. The van der Waals surface area contributed by atoms with Crippen LogP contribution in [0.4, 0.5) is 0 Å². The van der Waals surface area contributed by atoms with Crippen LogP contribution in [0.1, 0.15) is 43.9 Å². The Hall–Kier alpha value is -2.09. The Bertz CT molecular complexity index is 508. The molecule has 0 heterocycles. The first-order valence-corrected chi connectivity index (χ1v) is 7.56. The van der Waals surface area contributed by atoms with E-state index in [0.29, 0.717) is 5.71 Å². The van der Waals surface area contributed by atoms with Gasteiger partial charge in [-0.15, -0.1) is 0 Å². The zero-order valence-corrected chi connectivity index (χ0v) is 13.7. The molecule has 114 valence electrons. The van der Waals surface area contributed by atoms with Crippen LogP contribution >= 0.6 is 0 Å². The molecule has 1 aromatic carbocycles. The first-order chi connectivity index (χ1) is 10.2. The summed E-state index contributed by atoms with van der Waals surface area (Å²) in [6.07, 6.45) is 13.0. The van der Waals surface area contributed by atoms with Gasteiger partial charge in [0.1, 0.15) is 0 Å². The molecular formula is C19H28N2. The molecule has 0 fully saturated rings. The van der Waals surface area contributed by atoms with Gasteiger partial charge in [0.15, 0.2) is 0 Å². The summed E-state index contributed by atoms with van der Waals surface area (Å²) in [6.45, 7) is 8.13. The van der Waals surface area contributed by atoms with E-state index in [2.05, 4.69) is 38.1 Å². The fraction of sp³-hybridized carbons (Fsp3) is 0.316. The summed E-state index contributed by atoms with van der Waals surface area (Å²) < 4.78 is 0. The molecule has 1 rings (SSSR count). The van der Waals surface area contributed by atoms with Crippen LogP contribution in [-0.2, 0) is 6.42 Å². The molecule has 0 atom stereocenters. The smallest absolute Gasteiger partial charge is 0.0609 e. The van der Waals surface area contributed by atoms with Crippen molar-refractivity contribution < 1.29 is 0 Å². The first kappa shape index (κ1) is 18.9. The van der Waals surface area contributed by atoms with E-state index < -0.39 is 0 Å². The van der Waals surface area contributed by atoms with Gasteiger partial charge < -0.3 is 11.1 Å². The molecule has 21 heavy (non-hydrogen) atoms. The van der Waals surface area contributed by atoms with Crippen LogP contribution in [-0.4, -0.2) is 5.71 Å². The van der Waals surface area contributed by atoms with E-state index in [4.69, 9.17) is 11.1 Å². The van der Waals surface area contributed by atoms with Crippen LogP contribution in [0.15, 0.2) is 54.8 Å². The zero-order valence-electron chi connectivity index (χ0n) is 13.7. The fourth-order valence-corrected chi connectivity index (χ4v) is 1.81. The Morgan fingerprint density at radius 2 is 1.86 bits per heavy atom. The molecule has 0 radical (unpaired) electrons. The molecule has 2 nitrogen and oxygen atoms in total. The van der Waals surface area contributed by atoms with Gasteiger partial charge in [-0.3, -0.25) is 0 Å². The third-order valence-electron chi connectivity index (χ3n) is 2.68. The van der Waals surface area contributed by atoms with Gasteiger partial charge in [0.25, 0.3) is 0 Å². The molecule has 0 aliphatic carbocycles. The quantitative estimate of drug-likeness (QED) is 0.565. The number of nitrogens with two attached hydrogens (primary N) is 1. The van der Waals surface area contributed by atoms with Gasteiger partial charge in [0.2, 0.25) is 0 Å². The van der Waals surface area contributed by atoms with Crippen molar-refractivity contribution in [2.24, 2.45) is 5.73 Å². The van der Waals surface area contributed by atoms with E-state index in [9.17, 15) is 0 Å². The minimum Gasteiger partial charge on any atom is -0.405 e. The normalized spacial score (nSPS) is 11.0. The van der Waals surface area contributed by atoms with Gasteiger partial charge in [-0.2, -0.15) is 0 Å². The molecule has 0 amide bonds. The molecule has 2 heteroatoms. The Labute approximate surface area is 129 Å². The SMILES string of the molecule is CC.CC/C=C\C(=N)c1cc(C)cc(C/C=C\C=C/N)c1. The largest absolute Gasteiger partial charge is 0.405 e. The van der Waals surface area contributed by atoms with Crippen LogP contribution in [0.5, 0.6) is 0 Å². The maximum atomic E-state index is 8.04. The van der Waals surface area contributed by atoms with Crippen molar-refractivity contribution in [2.75, 3.05) is 0 Å². The minimum atomic E-state index is 0.567. The lowest BCUT2D eigenvalue weighted by molar-refractivity contribution is 1.22. The van der Waals surface area contributed by atoms with Crippen LogP contribution in [0.3, 0.4) is 0 Å². The number of aryl methyl sites for hydroxylation is 1. The molecular weight excluding hydrogens is 256 g/mol. The second-order valence-electron chi connectivity index (χ2n) is 4.45. The van der Waals surface area contributed by atoms with E-state index in [0.717, 1.165) is 18.4 Å². The highest BCUT2D eigenvalue weighted by Gasteiger charge is 2.01. The van der Waals surface area contributed by atoms with Crippen molar-refractivity contribution in [3.63, 3.8) is 0 Å². The number of benzene rings is 1. The second-order valence-corrected chi connectivity index (χ2v) is 4.45. The van der Waals surface area contributed by atoms with Crippen LogP contribution in [0.25, 0.3) is 0 Å². The standard InChI is InChI=1S/C17H22N2.C2H6/c1-3-4-9-17(19)16-12-14(2)11-15(13-16)8-6-5-7-10-18;1-2/h4-7,9-13,19H,3,8,18H2,1-2H3;1-2H3/b6-5-,9-4-,10-7-,19-17?;. The summed E-state index contributed by atoms with van der Waals surface area (Å²) in [4.78, 5) is 0. The number of nitrogens with one attached hydrogen (secondary N) is 1. The van der Waals surface area contributed by atoms with Crippen molar-refractivity contribution >= 4 is 5.71 Å². The van der Waals surface area contributed by atoms with Crippen molar-refractivity contribution in [3.05, 3.63) is 71.5 Å². The summed E-state index contributed by atoms with van der Waals surface area (Å²) in [5.74, 6) is 0. The third-order valence-corrected chi connectivity index (χ3v) is 2.68. The van der Waals surface area contributed by atoms with Gasteiger partial charge in [0.05, 0.1) is 5.71 Å². The summed E-state index contributed by atoms with van der Waals surface area (Å²) in [6, 6.07) is 6.28. The van der Waals surface area contributed by atoms with Gasteiger partial charge >= 0.3 is 0 Å². The van der Waals surface area contributed by atoms with E-state index in [1.165, 1.54) is 17.3 Å². The molecule has 0 aromatic heterocycles. The lowest BCUT2D eigenvalue weighted by Gasteiger charge is -2.05. The molecule has 3 N–H and O–H groups in total. The van der Waals surface area contributed by atoms with E-state index in [1.54, 1.807) is 0 Å². The lowest BCUT2D eigenvalue weighted by Crippen LogP contribution is -1.97. The van der Waals surface area contributed by atoms with Crippen molar-refractivity contribution in [3.8, 4) is 0 Å². The first-order valence-electron chi connectivity index (χ1n) is 7.56. The van der Waals surface area contributed by atoms with E-state index in [-0.39, 0.29) is 0 Å². The molecule has 0 spiro atoms. The number of hydrogen-bond acceptors (Lipinski definition) is 2.